The molecule has 1 aromatic carbocycles. The van der Waals surface area contributed by atoms with Gasteiger partial charge in [0.25, 0.3) is 0 Å². The number of rotatable bonds is 4. The van der Waals surface area contributed by atoms with Gasteiger partial charge in [-0.15, -0.1) is 0 Å². The second-order valence-electron chi connectivity index (χ2n) is 4.65. The van der Waals surface area contributed by atoms with Crippen LogP contribution in [0.4, 0.5) is 4.39 Å². The molecule has 0 saturated carbocycles. The van der Waals surface area contributed by atoms with Crippen molar-refractivity contribution in [2.75, 3.05) is 6.61 Å². The summed E-state index contributed by atoms with van der Waals surface area (Å²) < 4.78 is 17.6. The fraction of sp³-hybridized carbons (Fsp3) is 0.385. The second kappa shape index (κ2) is 6.14. The summed E-state index contributed by atoms with van der Waals surface area (Å²) in [7, 11) is 0. The van der Waals surface area contributed by atoms with Gasteiger partial charge in [0.15, 0.2) is 0 Å². The van der Waals surface area contributed by atoms with E-state index in [-0.39, 0.29) is 12.4 Å². The van der Waals surface area contributed by atoms with E-state index in [9.17, 15) is 9.18 Å². The van der Waals surface area contributed by atoms with Crippen LogP contribution in [0.3, 0.4) is 0 Å². The Kier molecular flexibility index (Phi) is 4.83. The van der Waals surface area contributed by atoms with Crippen molar-refractivity contribution in [1.82, 2.24) is 0 Å². The average molecular weight is 253 g/mol. The van der Waals surface area contributed by atoms with E-state index in [2.05, 4.69) is 5.16 Å². The highest BCUT2D eigenvalue weighted by molar-refractivity contribution is 5.79. The Hall–Kier alpha value is -1.91. The Labute approximate surface area is 105 Å². The molecule has 18 heavy (non-hydrogen) atoms. The van der Waals surface area contributed by atoms with Gasteiger partial charge in [-0.2, -0.15) is 0 Å². The van der Waals surface area contributed by atoms with Crippen LogP contribution in [0.15, 0.2) is 29.4 Å². The minimum absolute atomic E-state index is 0.255. The third kappa shape index (κ3) is 5.98. The van der Waals surface area contributed by atoms with Crippen LogP contribution in [0.5, 0.6) is 0 Å². The van der Waals surface area contributed by atoms with Crippen LogP contribution in [-0.4, -0.2) is 24.4 Å². The maximum absolute atomic E-state index is 12.6. The number of ether oxygens (including phenoxy) is 1. The van der Waals surface area contributed by atoms with Crippen molar-refractivity contribution >= 4 is 12.2 Å². The average Bonchev–Trinajstić information content (AvgIpc) is 2.24. The SMILES string of the molecule is CC(C)(C)OC(=O)CON=Cc1ccc(F)cc1. The van der Waals surface area contributed by atoms with Crippen molar-refractivity contribution in [2.45, 2.75) is 26.4 Å². The normalized spacial score (nSPS) is 11.6. The lowest BCUT2D eigenvalue weighted by Gasteiger charge is -2.18. The number of oxime groups is 1. The molecule has 98 valence electrons. The maximum Gasteiger partial charge on any atom is 0.347 e. The van der Waals surface area contributed by atoms with Gasteiger partial charge in [0, 0.05) is 0 Å². The van der Waals surface area contributed by atoms with E-state index in [0.717, 1.165) is 0 Å². The Bertz CT molecular complexity index is 421. The van der Waals surface area contributed by atoms with Crippen LogP contribution in [-0.2, 0) is 14.4 Å². The molecule has 0 saturated heterocycles. The number of benzene rings is 1. The van der Waals surface area contributed by atoms with Crippen LogP contribution in [0.1, 0.15) is 26.3 Å². The van der Waals surface area contributed by atoms with Gasteiger partial charge in [-0.3, -0.25) is 0 Å². The fourth-order valence-electron chi connectivity index (χ4n) is 1.11. The Morgan fingerprint density at radius 3 is 2.50 bits per heavy atom. The van der Waals surface area contributed by atoms with Gasteiger partial charge in [-0.1, -0.05) is 17.3 Å². The highest BCUT2D eigenvalue weighted by Gasteiger charge is 2.16. The summed E-state index contributed by atoms with van der Waals surface area (Å²) in [5.41, 5.74) is 0.141. The molecule has 0 N–H and O–H groups in total. The van der Waals surface area contributed by atoms with E-state index in [1.54, 1.807) is 32.9 Å². The largest absolute Gasteiger partial charge is 0.457 e. The number of carbonyl (C=O) groups excluding carboxylic acids is 1. The smallest absolute Gasteiger partial charge is 0.347 e. The molecule has 0 aliphatic carbocycles. The Morgan fingerprint density at radius 2 is 1.94 bits per heavy atom. The predicted molar refractivity (Wildman–Crippen MR) is 65.8 cm³/mol. The number of hydrogen-bond acceptors (Lipinski definition) is 4. The molecule has 1 rings (SSSR count). The first-order chi connectivity index (χ1) is 8.37. The van der Waals surface area contributed by atoms with E-state index < -0.39 is 11.6 Å². The second-order valence-corrected chi connectivity index (χ2v) is 4.65. The van der Waals surface area contributed by atoms with Crippen molar-refractivity contribution in [3.8, 4) is 0 Å². The van der Waals surface area contributed by atoms with Crippen LogP contribution >= 0.6 is 0 Å². The predicted octanol–water partition coefficient (Wildman–Crippen LogP) is 2.52. The quantitative estimate of drug-likeness (QED) is 0.470. The van der Waals surface area contributed by atoms with Crippen LogP contribution in [0.2, 0.25) is 0 Å². The first kappa shape index (κ1) is 14.2. The zero-order valence-corrected chi connectivity index (χ0v) is 10.6. The van der Waals surface area contributed by atoms with Crippen molar-refractivity contribution in [2.24, 2.45) is 5.16 Å². The summed E-state index contributed by atoms with van der Waals surface area (Å²) >= 11 is 0. The molecule has 0 fully saturated rings. The van der Waals surface area contributed by atoms with Gasteiger partial charge < -0.3 is 9.57 Å². The van der Waals surface area contributed by atoms with Crippen LogP contribution in [0.25, 0.3) is 0 Å². The lowest BCUT2D eigenvalue weighted by molar-refractivity contribution is -0.160. The summed E-state index contributed by atoms with van der Waals surface area (Å²) in [4.78, 5) is 16.0. The number of esters is 1. The Balaban J connectivity index is 2.33. The van der Waals surface area contributed by atoms with Gasteiger partial charge in [-0.25, -0.2) is 9.18 Å². The van der Waals surface area contributed by atoms with Crippen LogP contribution < -0.4 is 0 Å². The topological polar surface area (TPSA) is 47.9 Å². The fourth-order valence-corrected chi connectivity index (χ4v) is 1.11. The molecule has 0 bridgehead atoms. The number of hydrogen-bond donors (Lipinski definition) is 0. The summed E-state index contributed by atoms with van der Waals surface area (Å²) in [5.74, 6) is -0.805. The van der Waals surface area contributed by atoms with E-state index in [4.69, 9.17) is 9.57 Å². The van der Waals surface area contributed by atoms with E-state index in [0.29, 0.717) is 5.56 Å². The Morgan fingerprint density at radius 1 is 1.33 bits per heavy atom. The molecule has 0 radical (unpaired) electrons. The molecular formula is C13H16FNO3. The van der Waals surface area contributed by atoms with E-state index in [1.807, 2.05) is 0 Å². The minimum Gasteiger partial charge on any atom is -0.457 e. The zero-order chi connectivity index (χ0) is 13.6. The van der Waals surface area contributed by atoms with Gasteiger partial charge in [0.1, 0.15) is 11.4 Å². The minimum atomic E-state index is -0.541. The third-order valence-electron chi connectivity index (χ3n) is 1.75. The lowest BCUT2D eigenvalue weighted by atomic mass is 10.2. The van der Waals surface area contributed by atoms with Gasteiger partial charge in [-0.05, 0) is 38.5 Å². The third-order valence-corrected chi connectivity index (χ3v) is 1.75. The molecule has 0 aliphatic heterocycles. The van der Waals surface area contributed by atoms with Crippen molar-refractivity contribution in [1.29, 1.82) is 0 Å². The molecule has 0 unspecified atom stereocenters. The molecule has 0 atom stereocenters. The van der Waals surface area contributed by atoms with Gasteiger partial charge >= 0.3 is 5.97 Å². The number of nitrogens with zero attached hydrogens (tertiary/aromatic N) is 1. The summed E-state index contributed by atoms with van der Waals surface area (Å²) in [6.07, 6.45) is 1.39. The van der Waals surface area contributed by atoms with E-state index in [1.165, 1.54) is 18.3 Å². The molecule has 5 heteroatoms. The molecule has 0 aromatic heterocycles. The highest BCUT2D eigenvalue weighted by Crippen LogP contribution is 2.06. The van der Waals surface area contributed by atoms with Gasteiger partial charge in [0.05, 0.1) is 6.21 Å². The highest BCUT2D eigenvalue weighted by atomic mass is 19.1. The lowest BCUT2D eigenvalue weighted by Crippen LogP contribution is -2.26. The summed E-state index contributed by atoms with van der Waals surface area (Å²) in [5, 5.41) is 3.59. The number of carbonyl (C=O) groups is 1. The first-order valence-corrected chi connectivity index (χ1v) is 5.49. The van der Waals surface area contributed by atoms with Crippen LogP contribution in [0, 0.1) is 5.82 Å². The van der Waals surface area contributed by atoms with Crippen molar-refractivity contribution in [3.05, 3.63) is 35.6 Å². The summed E-state index contributed by atoms with van der Waals surface area (Å²) in [6, 6.07) is 5.73. The molecule has 0 heterocycles. The standard InChI is InChI=1S/C13H16FNO3/c1-13(2,3)18-12(16)9-17-15-8-10-4-6-11(14)7-5-10/h4-8H,9H2,1-3H3. The number of halogens is 1. The van der Waals surface area contributed by atoms with Gasteiger partial charge in [0.2, 0.25) is 6.61 Å². The molecular weight excluding hydrogens is 237 g/mol. The van der Waals surface area contributed by atoms with Crippen molar-refractivity contribution in [3.63, 3.8) is 0 Å². The molecule has 0 spiro atoms. The molecule has 4 nitrogen and oxygen atoms in total. The molecule has 0 aliphatic rings. The first-order valence-electron chi connectivity index (χ1n) is 5.49. The molecule has 1 aromatic rings. The monoisotopic (exact) mass is 253 g/mol. The summed E-state index contributed by atoms with van der Waals surface area (Å²) in [6.45, 7) is 5.06. The molecule has 0 amide bonds. The zero-order valence-electron chi connectivity index (χ0n) is 10.6. The van der Waals surface area contributed by atoms with Crippen molar-refractivity contribution < 1.29 is 18.8 Å². The van der Waals surface area contributed by atoms with E-state index >= 15 is 0 Å². The maximum atomic E-state index is 12.6.